The highest BCUT2D eigenvalue weighted by Crippen LogP contribution is 2.26. The van der Waals surface area contributed by atoms with Crippen molar-refractivity contribution in [1.29, 1.82) is 0 Å². The molecular formula is C23H32N6O3S. The zero-order chi connectivity index (χ0) is 24.3. The molecule has 2 heterocycles. The maximum atomic E-state index is 13.4. The first kappa shape index (κ1) is 24.6. The molecular weight excluding hydrogens is 440 g/mol. The van der Waals surface area contributed by atoms with Crippen LogP contribution in [0.4, 0.5) is 11.5 Å². The molecule has 0 unspecified atom stereocenters. The molecule has 0 aliphatic heterocycles. The fourth-order valence-electron chi connectivity index (χ4n) is 3.74. The lowest BCUT2D eigenvalue weighted by Crippen LogP contribution is -2.43. The van der Waals surface area contributed by atoms with Gasteiger partial charge in [-0.05, 0) is 30.9 Å². The number of nitrogens with zero attached hydrogens (tertiary/aromatic N) is 4. The van der Waals surface area contributed by atoms with Gasteiger partial charge in [-0.1, -0.05) is 51.6 Å². The summed E-state index contributed by atoms with van der Waals surface area (Å²) in [6.45, 7) is 11.2. The number of thioether (sulfide) groups is 1. The Labute approximate surface area is 197 Å². The van der Waals surface area contributed by atoms with Gasteiger partial charge in [0.15, 0.2) is 10.8 Å². The minimum Gasteiger partial charge on any atom is -0.383 e. The molecule has 0 saturated heterocycles. The van der Waals surface area contributed by atoms with E-state index in [1.807, 2.05) is 58.9 Å². The van der Waals surface area contributed by atoms with Crippen molar-refractivity contribution in [2.24, 2.45) is 11.8 Å². The van der Waals surface area contributed by atoms with Crippen LogP contribution in [0.1, 0.15) is 34.6 Å². The molecule has 3 aromatic rings. The molecule has 3 N–H and O–H groups in total. The number of carbonyl (C=O) groups excluding carboxylic acids is 1. The third-order valence-corrected chi connectivity index (χ3v) is 6.10. The van der Waals surface area contributed by atoms with Gasteiger partial charge in [0.05, 0.1) is 16.8 Å². The van der Waals surface area contributed by atoms with Crippen molar-refractivity contribution in [3.8, 4) is 0 Å². The average Bonchev–Trinajstić information content (AvgIpc) is 3.11. The third-order valence-electron chi connectivity index (χ3n) is 5.14. The predicted octanol–water partition coefficient (Wildman–Crippen LogP) is 2.93. The molecule has 0 aliphatic rings. The molecule has 0 atom stereocenters. The smallest absolute Gasteiger partial charge is 0.330 e. The maximum Gasteiger partial charge on any atom is 0.330 e. The number of aromatic nitrogens is 4. The highest BCUT2D eigenvalue weighted by Gasteiger charge is 2.26. The number of rotatable bonds is 9. The van der Waals surface area contributed by atoms with Crippen LogP contribution in [0.3, 0.4) is 0 Å². The number of nitrogens with one attached hydrogen (secondary N) is 1. The Balaban J connectivity index is 1.95. The molecule has 0 saturated carbocycles. The highest BCUT2D eigenvalue weighted by atomic mass is 32.2. The number of aryl methyl sites for hydroxylation is 1. The summed E-state index contributed by atoms with van der Waals surface area (Å²) in [5.74, 6) is 0.0461. The summed E-state index contributed by atoms with van der Waals surface area (Å²) in [4.78, 5) is 46.8. The molecule has 0 fully saturated rings. The number of amides is 1. The molecule has 2 aromatic heterocycles. The number of para-hydroxylation sites is 2. The van der Waals surface area contributed by atoms with Crippen LogP contribution < -0.4 is 21.9 Å². The Bertz CT molecular complexity index is 1260. The molecule has 9 nitrogen and oxygen atoms in total. The van der Waals surface area contributed by atoms with Gasteiger partial charge in [-0.2, -0.15) is 0 Å². The fourth-order valence-corrected chi connectivity index (χ4v) is 4.70. The first-order valence-electron chi connectivity index (χ1n) is 11.1. The predicted molar refractivity (Wildman–Crippen MR) is 134 cm³/mol. The lowest BCUT2D eigenvalue weighted by molar-refractivity contribution is -0.116. The average molecular weight is 473 g/mol. The Morgan fingerprint density at radius 2 is 1.85 bits per heavy atom. The van der Waals surface area contributed by atoms with Gasteiger partial charge in [-0.15, -0.1) is 0 Å². The topological polar surface area (TPSA) is 119 Å². The minimum atomic E-state index is -0.655. The van der Waals surface area contributed by atoms with E-state index < -0.39 is 11.2 Å². The number of carbonyl (C=O) groups is 1. The van der Waals surface area contributed by atoms with Crippen LogP contribution in [0.2, 0.25) is 0 Å². The molecule has 1 aromatic carbocycles. The number of hydrogen-bond donors (Lipinski definition) is 2. The fraction of sp³-hybridized carbons (Fsp3) is 0.478. The van der Waals surface area contributed by atoms with Gasteiger partial charge in [-0.25, -0.2) is 9.78 Å². The number of hydrogen-bond acceptors (Lipinski definition) is 6. The number of H-pyrrole nitrogens is 1. The third kappa shape index (κ3) is 5.32. The van der Waals surface area contributed by atoms with Crippen molar-refractivity contribution in [3.63, 3.8) is 0 Å². The number of fused-ring (bicyclic) bond motifs is 1. The van der Waals surface area contributed by atoms with E-state index >= 15 is 0 Å². The molecule has 178 valence electrons. The molecule has 3 rings (SSSR count). The lowest BCUT2D eigenvalue weighted by Gasteiger charge is -2.26. The van der Waals surface area contributed by atoms with Crippen molar-refractivity contribution in [2.75, 3.05) is 22.9 Å². The molecule has 10 heteroatoms. The van der Waals surface area contributed by atoms with E-state index in [0.29, 0.717) is 13.1 Å². The SMILES string of the molecule is CCn1c(SCC(=O)N(CC(C)C)c2c(N)n(CC(C)C)c(=O)[nH]c2=O)nc2ccccc21. The second kappa shape index (κ2) is 10.3. The lowest BCUT2D eigenvalue weighted by atomic mass is 10.2. The quantitative estimate of drug-likeness (QED) is 0.462. The van der Waals surface area contributed by atoms with E-state index in [4.69, 9.17) is 5.73 Å². The summed E-state index contributed by atoms with van der Waals surface area (Å²) in [6.07, 6.45) is 0. The largest absolute Gasteiger partial charge is 0.383 e. The van der Waals surface area contributed by atoms with Crippen LogP contribution in [-0.2, 0) is 17.9 Å². The maximum absolute atomic E-state index is 13.4. The molecule has 0 bridgehead atoms. The number of benzene rings is 1. The summed E-state index contributed by atoms with van der Waals surface area (Å²) < 4.78 is 3.38. The summed E-state index contributed by atoms with van der Waals surface area (Å²) in [5.41, 5.74) is 6.96. The van der Waals surface area contributed by atoms with E-state index in [2.05, 4.69) is 14.5 Å². The summed E-state index contributed by atoms with van der Waals surface area (Å²) in [5, 5.41) is 0.739. The Morgan fingerprint density at radius 1 is 1.15 bits per heavy atom. The first-order valence-corrected chi connectivity index (χ1v) is 12.1. The summed E-state index contributed by atoms with van der Waals surface area (Å²) in [6, 6.07) is 7.83. The monoisotopic (exact) mass is 472 g/mol. The van der Waals surface area contributed by atoms with Crippen molar-refractivity contribution in [2.45, 2.75) is 52.9 Å². The summed E-state index contributed by atoms with van der Waals surface area (Å²) >= 11 is 1.32. The minimum absolute atomic E-state index is 0.0113. The van der Waals surface area contributed by atoms with E-state index in [-0.39, 0.29) is 35.0 Å². The van der Waals surface area contributed by atoms with Crippen molar-refractivity contribution in [1.82, 2.24) is 19.1 Å². The van der Waals surface area contributed by atoms with Crippen LogP contribution in [0.15, 0.2) is 39.0 Å². The molecule has 33 heavy (non-hydrogen) atoms. The Hall–Kier alpha value is -3.01. The summed E-state index contributed by atoms with van der Waals surface area (Å²) in [7, 11) is 0. The van der Waals surface area contributed by atoms with Gasteiger partial charge in [0.2, 0.25) is 5.91 Å². The van der Waals surface area contributed by atoms with Crippen molar-refractivity contribution < 1.29 is 4.79 Å². The second-order valence-electron chi connectivity index (χ2n) is 8.81. The molecule has 1 amide bonds. The van der Waals surface area contributed by atoms with Gasteiger partial charge in [0, 0.05) is 19.6 Å². The van der Waals surface area contributed by atoms with E-state index in [1.165, 1.54) is 21.2 Å². The normalized spacial score (nSPS) is 11.6. The van der Waals surface area contributed by atoms with Crippen LogP contribution >= 0.6 is 11.8 Å². The molecule has 0 radical (unpaired) electrons. The van der Waals surface area contributed by atoms with Crippen molar-refractivity contribution in [3.05, 3.63) is 45.1 Å². The number of imidazole rings is 1. The van der Waals surface area contributed by atoms with Gasteiger partial charge >= 0.3 is 5.69 Å². The van der Waals surface area contributed by atoms with E-state index in [9.17, 15) is 14.4 Å². The van der Waals surface area contributed by atoms with E-state index in [1.54, 1.807) is 0 Å². The molecule has 0 spiro atoms. The van der Waals surface area contributed by atoms with Gasteiger partial charge in [0.25, 0.3) is 5.56 Å². The first-order chi connectivity index (χ1) is 15.6. The number of nitrogens with two attached hydrogens (primary N) is 1. The van der Waals surface area contributed by atoms with Gasteiger partial charge in [-0.3, -0.25) is 19.1 Å². The Kier molecular flexibility index (Phi) is 7.68. The Morgan fingerprint density at radius 3 is 2.48 bits per heavy atom. The van der Waals surface area contributed by atoms with Crippen molar-refractivity contribution >= 4 is 40.2 Å². The standard InChI is InChI=1S/C23H32N6O3S/c1-6-27-17-10-8-7-9-16(17)25-23(27)33-13-18(30)28(11-14(2)3)19-20(24)29(12-15(4)5)22(32)26-21(19)31/h7-10,14-15H,6,11-13,24H2,1-5H3,(H,26,31,32). The molecule has 0 aliphatic carbocycles. The number of nitrogen functional groups attached to an aromatic ring is 1. The highest BCUT2D eigenvalue weighted by molar-refractivity contribution is 7.99. The van der Waals surface area contributed by atoms with Crippen LogP contribution in [0.5, 0.6) is 0 Å². The van der Waals surface area contributed by atoms with Crippen LogP contribution in [0, 0.1) is 11.8 Å². The van der Waals surface area contributed by atoms with Crippen LogP contribution in [0.25, 0.3) is 11.0 Å². The van der Waals surface area contributed by atoms with Gasteiger partial charge in [0.1, 0.15) is 5.82 Å². The van der Waals surface area contributed by atoms with E-state index in [0.717, 1.165) is 22.7 Å². The zero-order valence-electron chi connectivity index (χ0n) is 19.8. The van der Waals surface area contributed by atoms with Crippen LogP contribution in [-0.4, -0.2) is 37.3 Å². The zero-order valence-corrected chi connectivity index (χ0v) is 20.6. The second-order valence-corrected chi connectivity index (χ2v) is 9.75. The number of anilines is 2. The number of aromatic amines is 1. The van der Waals surface area contributed by atoms with Gasteiger partial charge < -0.3 is 15.2 Å².